The van der Waals surface area contributed by atoms with Crippen molar-refractivity contribution in [1.82, 2.24) is 0 Å². The predicted molar refractivity (Wildman–Crippen MR) is 232 cm³/mol. The smallest absolute Gasteiger partial charge is 0.166 e. The lowest BCUT2D eigenvalue weighted by molar-refractivity contribution is -0.138. The molecule has 0 radical (unpaired) electrons. The molecule has 64 heavy (non-hydrogen) atoms. The van der Waals surface area contributed by atoms with Gasteiger partial charge in [0.05, 0.1) is 32.6 Å². The Morgan fingerprint density at radius 1 is 0.250 bits per heavy atom. The van der Waals surface area contributed by atoms with Crippen LogP contribution in [0.4, 0.5) is 52.7 Å². The van der Waals surface area contributed by atoms with E-state index in [4.69, 9.17) is 0 Å². The minimum Gasteiger partial charge on any atom is -0.166 e. The monoisotopic (exact) mass is 922 g/mol. The van der Waals surface area contributed by atoms with Crippen LogP contribution in [0.25, 0.3) is 32.7 Å². The molecule has 0 fully saturated rings. The summed E-state index contributed by atoms with van der Waals surface area (Å²) in [6, 6.07) is 38.3. The quantitative estimate of drug-likeness (QED) is 0.0849. The summed E-state index contributed by atoms with van der Waals surface area (Å²) in [5.41, 5.74) is -1.22. The van der Waals surface area contributed by atoms with Gasteiger partial charge in [-0.25, -0.2) is 0 Å². The van der Waals surface area contributed by atoms with E-state index in [1.807, 2.05) is 12.1 Å². The highest BCUT2D eigenvalue weighted by atomic mass is 31.0. The first-order valence-corrected chi connectivity index (χ1v) is 20.5. The third-order valence-electron chi connectivity index (χ3n) is 11.6. The summed E-state index contributed by atoms with van der Waals surface area (Å²) in [5.74, 6) is 0. The van der Waals surface area contributed by atoms with Gasteiger partial charge < -0.3 is 0 Å². The molecular formula is C50H32F12P2. The molecule has 0 aliphatic rings. The van der Waals surface area contributed by atoms with E-state index in [1.165, 1.54) is 48.5 Å². The van der Waals surface area contributed by atoms with Gasteiger partial charge in [-0.05, 0) is 115 Å². The van der Waals surface area contributed by atoms with Crippen LogP contribution in [-0.2, 0) is 35.0 Å². The van der Waals surface area contributed by atoms with Gasteiger partial charge in [0.25, 0.3) is 0 Å². The van der Waals surface area contributed by atoms with Gasteiger partial charge in [0.1, 0.15) is 0 Å². The lowest BCUT2D eigenvalue weighted by Gasteiger charge is -2.38. The first-order chi connectivity index (χ1) is 30.0. The molecule has 0 aliphatic heterocycles. The zero-order valence-electron chi connectivity index (χ0n) is 32.9. The van der Waals surface area contributed by atoms with E-state index in [0.29, 0.717) is 43.8 Å². The fraction of sp³-hybridized carbons (Fsp3) is 0.120. The minimum absolute atomic E-state index is 0.242. The molecule has 0 saturated heterocycles. The van der Waals surface area contributed by atoms with Crippen molar-refractivity contribution in [2.45, 2.75) is 35.0 Å². The number of rotatable bonds is 7. The molecule has 2 atom stereocenters. The summed E-state index contributed by atoms with van der Waals surface area (Å²) in [5, 5.41) is -0.704. The highest BCUT2D eigenvalue weighted by Gasteiger charge is 2.42. The summed E-state index contributed by atoms with van der Waals surface area (Å²) >= 11 is 0. The number of alkyl halides is 12. The van der Waals surface area contributed by atoms with Gasteiger partial charge in [-0.15, -0.1) is 18.5 Å². The van der Waals surface area contributed by atoms with E-state index in [-0.39, 0.29) is 22.3 Å². The Kier molecular flexibility index (Phi) is 11.3. The Labute approximate surface area is 363 Å². The van der Waals surface area contributed by atoms with Gasteiger partial charge >= 0.3 is 24.7 Å². The molecular weight excluding hydrogens is 890 g/mol. The molecule has 8 rings (SSSR count). The first-order valence-electron chi connectivity index (χ1n) is 19.4. The second-order valence-corrected chi connectivity index (χ2v) is 17.1. The summed E-state index contributed by atoms with van der Waals surface area (Å²) in [6.07, 6.45) is -18.9. The van der Waals surface area contributed by atoms with Crippen molar-refractivity contribution in [2.75, 3.05) is 0 Å². The van der Waals surface area contributed by atoms with Crippen LogP contribution in [0.2, 0.25) is 0 Å². The molecule has 0 N–H and O–H groups in total. The third-order valence-corrected chi connectivity index (χ3v) is 13.6. The van der Waals surface area contributed by atoms with Gasteiger partial charge in [0, 0.05) is 0 Å². The molecule has 14 heteroatoms. The molecule has 8 aromatic carbocycles. The van der Waals surface area contributed by atoms with Crippen LogP contribution < -0.4 is 0 Å². The maximum Gasteiger partial charge on any atom is 0.416 e. The number of halogens is 12. The van der Waals surface area contributed by atoms with Crippen molar-refractivity contribution in [1.29, 1.82) is 0 Å². The van der Waals surface area contributed by atoms with Crippen LogP contribution in [0.3, 0.4) is 0 Å². The molecule has 2 unspecified atom stereocenters. The molecule has 0 bridgehead atoms. The lowest BCUT2D eigenvalue weighted by atomic mass is 9.73. The Morgan fingerprint density at radius 3 is 0.703 bits per heavy atom. The second kappa shape index (κ2) is 16.1. The van der Waals surface area contributed by atoms with Crippen molar-refractivity contribution < 1.29 is 52.7 Å². The van der Waals surface area contributed by atoms with Crippen LogP contribution in [0.5, 0.6) is 0 Å². The van der Waals surface area contributed by atoms with E-state index in [1.54, 1.807) is 60.7 Å². The van der Waals surface area contributed by atoms with Crippen molar-refractivity contribution >= 4 is 40.0 Å². The zero-order valence-corrected chi connectivity index (χ0v) is 35.2. The second-order valence-electron chi connectivity index (χ2n) is 15.3. The average Bonchev–Trinajstić information content (AvgIpc) is 3.27. The number of benzene rings is 8. The maximum atomic E-state index is 14.0. The van der Waals surface area contributed by atoms with E-state index >= 15 is 0 Å². The molecule has 0 saturated carbocycles. The summed E-state index contributed by atoms with van der Waals surface area (Å²) in [6.45, 7) is 0. The van der Waals surface area contributed by atoms with Gasteiger partial charge in [0.15, 0.2) is 0 Å². The minimum atomic E-state index is -4.72. The molecule has 0 amide bonds. The Balaban J connectivity index is 1.53. The van der Waals surface area contributed by atoms with E-state index in [9.17, 15) is 52.7 Å². The topological polar surface area (TPSA) is 0 Å². The van der Waals surface area contributed by atoms with E-state index in [2.05, 4.69) is 18.5 Å². The molecule has 326 valence electrons. The largest absolute Gasteiger partial charge is 0.416 e. The Hall–Kier alpha value is -5.70. The molecule has 0 aromatic heterocycles. The SMILES string of the molecule is FC(F)(F)c1ccc(C(P)(c2ccc(C(F)(F)F)cc2)c2ccc3ccccc3c2-c2c(C(P)(c3ccc(C(F)(F)F)cc3)c3ccc(C(F)(F)F)cc3)ccc3ccccc23)cc1. The molecule has 0 aliphatic carbocycles. The number of hydrogen-bond donors (Lipinski definition) is 0. The van der Waals surface area contributed by atoms with Gasteiger partial charge in [-0.3, -0.25) is 0 Å². The van der Waals surface area contributed by atoms with Gasteiger partial charge in [0.2, 0.25) is 0 Å². The van der Waals surface area contributed by atoms with E-state index < -0.39 is 57.3 Å². The van der Waals surface area contributed by atoms with Crippen molar-refractivity contribution in [3.05, 3.63) is 225 Å². The number of fused-ring (bicyclic) bond motifs is 2. The van der Waals surface area contributed by atoms with Crippen molar-refractivity contribution in [2.24, 2.45) is 0 Å². The van der Waals surface area contributed by atoms with Gasteiger partial charge in [-0.1, -0.05) is 121 Å². The Morgan fingerprint density at radius 2 is 0.469 bits per heavy atom. The van der Waals surface area contributed by atoms with Crippen molar-refractivity contribution in [3.63, 3.8) is 0 Å². The molecule has 0 spiro atoms. The summed E-state index contributed by atoms with van der Waals surface area (Å²) in [4.78, 5) is 0. The highest BCUT2D eigenvalue weighted by Crippen LogP contribution is 2.56. The molecule has 0 nitrogen and oxygen atoms in total. The summed E-state index contributed by atoms with van der Waals surface area (Å²) in [7, 11) is 5.34. The molecule has 8 aromatic rings. The van der Waals surface area contributed by atoms with Crippen LogP contribution in [-0.4, -0.2) is 0 Å². The zero-order chi connectivity index (χ0) is 46.0. The lowest BCUT2D eigenvalue weighted by Crippen LogP contribution is -2.26. The van der Waals surface area contributed by atoms with E-state index in [0.717, 1.165) is 48.5 Å². The highest BCUT2D eigenvalue weighted by molar-refractivity contribution is 7.19. The van der Waals surface area contributed by atoms with Crippen LogP contribution in [0.15, 0.2) is 170 Å². The fourth-order valence-corrected chi connectivity index (χ4v) is 9.63. The third kappa shape index (κ3) is 8.04. The van der Waals surface area contributed by atoms with Crippen molar-refractivity contribution in [3.8, 4) is 11.1 Å². The average molecular weight is 923 g/mol. The van der Waals surface area contributed by atoms with Crippen LogP contribution in [0.1, 0.15) is 55.6 Å². The summed E-state index contributed by atoms with van der Waals surface area (Å²) < 4.78 is 168. The van der Waals surface area contributed by atoms with Crippen LogP contribution in [0, 0.1) is 0 Å². The predicted octanol–water partition coefficient (Wildman–Crippen LogP) is 16.1. The van der Waals surface area contributed by atoms with Crippen LogP contribution >= 0.6 is 18.5 Å². The number of hydrogen-bond acceptors (Lipinski definition) is 0. The molecule has 0 heterocycles. The Bertz CT molecular complexity index is 2660. The normalized spacial score (nSPS) is 13.2. The van der Waals surface area contributed by atoms with Gasteiger partial charge in [-0.2, -0.15) is 52.7 Å². The first kappa shape index (κ1) is 44.9. The maximum absolute atomic E-state index is 14.0. The fourth-order valence-electron chi connectivity index (χ4n) is 8.38. The standard InChI is InChI=1S/C50H32F12P2/c51-47(52,53)35-19-11-31(12-20-35)45(63,32-13-21-36(22-14-32)48(54,55)56)41-27-9-29-5-1-3-7-39(29)43(41)44-40-8-4-2-6-30(40)10-28-42(44)46(64,33-15-23-37(24-16-33)49(57,58)59)34-17-25-38(26-18-34)50(60,61)62/h1-28H,63-64H2.